The fourth-order valence-corrected chi connectivity index (χ4v) is 4.13. The van der Waals surface area contributed by atoms with Crippen molar-refractivity contribution in [1.29, 1.82) is 0 Å². The van der Waals surface area contributed by atoms with E-state index in [0.717, 1.165) is 23.7 Å². The van der Waals surface area contributed by atoms with Gasteiger partial charge in [0.2, 0.25) is 0 Å². The quantitative estimate of drug-likeness (QED) is 0.801. The molecular weight excluding hydrogens is 316 g/mol. The lowest BCUT2D eigenvalue weighted by Gasteiger charge is -2.48. The summed E-state index contributed by atoms with van der Waals surface area (Å²) in [7, 11) is 0. The highest BCUT2D eigenvalue weighted by Gasteiger charge is 2.44. The number of carbonyl (C=O) groups excluding carboxylic acids is 1. The summed E-state index contributed by atoms with van der Waals surface area (Å²) in [5.74, 6) is 0.0342. The molecule has 2 fully saturated rings. The molecule has 5 nitrogen and oxygen atoms in total. The zero-order chi connectivity index (χ0) is 17.4. The Labute approximate surface area is 147 Å². The third-order valence-corrected chi connectivity index (χ3v) is 5.15. The second kappa shape index (κ2) is 6.39. The molecule has 2 aliphatic heterocycles. The molecule has 0 saturated carbocycles. The fourth-order valence-electron chi connectivity index (χ4n) is 4.13. The van der Waals surface area contributed by atoms with E-state index < -0.39 is 0 Å². The fraction of sp³-hybridized carbons (Fsp3) is 0.500. The lowest BCUT2D eigenvalue weighted by atomic mass is 9.88. The molecule has 3 atom stereocenters. The molecule has 132 valence electrons. The molecule has 0 radical (unpaired) electrons. The van der Waals surface area contributed by atoms with Gasteiger partial charge in [-0.2, -0.15) is 0 Å². The Morgan fingerprint density at radius 1 is 1.28 bits per heavy atom. The van der Waals surface area contributed by atoms with E-state index in [0.29, 0.717) is 25.3 Å². The van der Waals surface area contributed by atoms with Gasteiger partial charge in [0.05, 0.1) is 35.4 Å². The Hall–Kier alpha value is -1.98. The van der Waals surface area contributed by atoms with Gasteiger partial charge in [0, 0.05) is 37.6 Å². The second-order valence-corrected chi connectivity index (χ2v) is 7.35. The van der Waals surface area contributed by atoms with E-state index in [1.54, 1.807) is 6.20 Å². The molecule has 5 heteroatoms. The maximum Gasteiger partial charge on any atom is 0.255 e. The Bertz CT molecular complexity index is 789. The lowest BCUT2D eigenvalue weighted by Crippen LogP contribution is -2.59. The molecule has 1 spiro atoms. The average molecular weight is 340 g/mol. The van der Waals surface area contributed by atoms with Crippen molar-refractivity contribution in [3.05, 3.63) is 42.1 Å². The van der Waals surface area contributed by atoms with Crippen molar-refractivity contribution >= 4 is 16.8 Å². The van der Waals surface area contributed by atoms with E-state index in [2.05, 4.69) is 11.9 Å². The first-order valence-electron chi connectivity index (χ1n) is 8.98. The van der Waals surface area contributed by atoms with Gasteiger partial charge < -0.3 is 14.4 Å². The van der Waals surface area contributed by atoms with Crippen LogP contribution < -0.4 is 0 Å². The summed E-state index contributed by atoms with van der Waals surface area (Å²) in [6.45, 7) is 6.04. The topological polar surface area (TPSA) is 51.7 Å². The summed E-state index contributed by atoms with van der Waals surface area (Å²) in [5, 5.41) is 0.990. The number of hydrogen-bond donors (Lipinski definition) is 0. The van der Waals surface area contributed by atoms with E-state index >= 15 is 0 Å². The molecule has 25 heavy (non-hydrogen) atoms. The molecule has 0 aliphatic carbocycles. The maximum absolute atomic E-state index is 13.1. The molecule has 1 aromatic heterocycles. The van der Waals surface area contributed by atoms with Crippen LogP contribution in [-0.2, 0) is 9.47 Å². The van der Waals surface area contributed by atoms with Crippen LogP contribution in [0.25, 0.3) is 10.9 Å². The molecule has 0 bridgehead atoms. The van der Waals surface area contributed by atoms with Gasteiger partial charge >= 0.3 is 0 Å². The third kappa shape index (κ3) is 3.26. The second-order valence-electron chi connectivity index (χ2n) is 7.35. The van der Waals surface area contributed by atoms with Crippen molar-refractivity contribution in [3.8, 4) is 0 Å². The lowest BCUT2D eigenvalue weighted by molar-refractivity contribution is -0.189. The van der Waals surface area contributed by atoms with Crippen LogP contribution in [0.3, 0.4) is 0 Å². The number of amides is 1. The maximum atomic E-state index is 13.1. The normalized spacial score (nSPS) is 29.9. The van der Waals surface area contributed by atoms with E-state index in [4.69, 9.17) is 9.47 Å². The number of rotatable bonds is 1. The van der Waals surface area contributed by atoms with Crippen molar-refractivity contribution in [2.75, 3.05) is 19.7 Å². The predicted octanol–water partition coefficient (Wildman–Crippen LogP) is 3.03. The van der Waals surface area contributed by atoms with Crippen LogP contribution in [-0.4, -0.2) is 53.3 Å². The first-order valence-corrected chi connectivity index (χ1v) is 8.98. The molecule has 0 N–H and O–H groups in total. The minimum absolute atomic E-state index is 0.0245. The smallest absolute Gasteiger partial charge is 0.255 e. The van der Waals surface area contributed by atoms with Gasteiger partial charge in [0.1, 0.15) is 0 Å². The highest BCUT2D eigenvalue weighted by atomic mass is 16.5. The van der Waals surface area contributed by atoms with Gasteiger partial charge in [-0.15, -0.1) is 0 Å². The van der Waals surface area contributed by atoms with Crippen molar-refractivity contribution in [1.82, 2.24) is 9.88 Å². The number of benzene rings is 1. The summed E-state index contributed by atoms with van der Waals surface area (Å²) < 4.78 is 12.0. The third-order valence-electron chi connectivity index (χ3n) is 5.15. The van der Waals surface area contributed by atoms with E-state index in [9.17, 15) is 4.79 Å². The minimum atomic E-state index is -0.282. The Morgan fingerprint density at radius 3 is 2.96 bits per heavy atom. The Balaban J connectivity index is 1.59. The van der Waals surface area contributed by atoms with Gasteiger partial charge in [0.15, 0.2) is 0 Å². The number of pyridine rings is 1. The van der Waals surface area contributed by atoms with Crippen LogP contribution in [0.15, 0.2) is 36.5 Å². The molecular formula is C20H24N2O3. The first-order chi connectivity index (χ1) is 12.0. The Morgan fingerprint density at radius 2 is 2.12 bits per heavy atom. The standard InChI is InChI=1S/C20H24N2O3/c1-14-10-20(7-8-24-14)13-22(12-15(2)25-20)19(23)17-9-16-5-3-4-6-18(16)21-11-17/h3-6,9,11,14-15H,7-8,10,12-13H2,1-2H3. The van der Waals surface area contributed by atoms with Gasteiger partial charge in [-0.05, 0) is 26.0 Å². The van der Waals surface area contributed by atoms with Crippen molar-refractivity contribution in [2.45, 2.75) is 44.5 Å². The zero-order valence-electron chi connectivity index (χ0n) is 14.8. The van der Waals surface area contributed by atoms with Gasteiger partial charge in [-0.25, -0.2) is 0 Å². The van der Waals surface area contributed by atoms with Crippen LogP contribution in [0.1, 0.15) is 37.0 Å². The van der Waals surface area contributed by atoms with Crippen molar-refractivity contribution in [2.24, 2.45) is 0 Å². The zero-order valence-corrected chi connectivity index (χ0v) is 14.8. The first kappa shape index (κ1) is 16.5. The number of ether oxygens (including phenoxy) is 2. The van der Waals surface area contributed by atoms with Gasteiger partial charge in [-0.3, -0.25) is 9.78 Å². The van der Waals surface area contributed by atoms with Crippen LogP contribution in [0.5, 0.6) is 0 Å². The number of aromatic nitrogens is 1. The number of carbonyl (C=O) groups is 1. The summed E-state index contributed by atoms with van der Waals surface area (Å²) >= 11 is 0. The molecule has 3 unspecified atom stereocenters. The number of para-hydroxylation sites is 1. The summed E-state index contributed by atoms with van der Waals surface area (Å²) in [5.41, 5.74) is 1.27. The SMILES string of the molecule is CC1CC2(CCO1)CN(C(=O)c1cnc3ccccc3c1)CC(C)O2. The van der Waals surface area contributed by atoms with E-state index in [-0.39, 0.29) is 23.7 Å². The number of fused-ring (bicyclic) bond motifs is 1. The highest BCUT2D eigenvalue weighted by molar-refractivity contribution is 5.97. The number of nitrogens with zero attached hydrogens (tertiary/aromatic N) is 2. The van der Waals surface area contributed by atoms with Gasteiger partial charge in [0.25, 0.3) is 5.91 Å². The summed E-state index contributed by atoms with van der Waals surface area (Å²) in [4.78, 5) is 19.5. The van der Waals surface area contributed by atoms with E-state index in [1.165, 1.54) is 0 Å². The van der Waals surface area contributed by atoms with Gasteiger partial charge in [-0.1, -0.05) is 18.2 Å². The van der Waals surface area contributed by atoms with Crippen LogP contribution in [0.2, 0.25) is 0 Å². The molecule has 1 aromatic carbocycles. The number of hydrogen-bond acceptors (Lipinski definition) is 4. The molecule has 2 aromatic rings. The minimum Gasteiger partial charge on any atom is -0.378 e. The number of morpholine rings is 1. The Kier molecular flexibility index (Phi) is 4.21. The van der Waals surface area contributed by atoms with Crippen LogP contribution in [0.4, 0.5) is 0 Å². The molecule has 3 heterocycles. The molecule has 4 rings (SSSR count). The average Bonchev–Trinajstić information content (AvgIpc) is 2.59. The summed E-state index contributed by atoms with van der Waals surface area (Å²) in [6, 6.07) is 9.80. The predicted molar refractivity (Wildman–Crippen MR) is 95.6 cm³/mol. The van der Waals surface area contributed by atoms with Crippen molar-refractivity contribution < 1.29 is 14.3 Å². The summed E-state index contributed by atoms with van der Waals surface area (Å²) in [6.07, 6.45) is 3.54. The molecule has 1 amide bonds. The van der Waals surface area contributed by atoms with E-state index in [1.807, 2.05) is 42.2 Å². The molecule has 2 saturated heterocycles. The largest absolute Gasteiger partial charge is 0.378 e. The monoisotopic (exact) mass is 340 g/mol. The van der Waals surface area contributed by atoms with Crippen LogP contribution in [0, 0.1) is 0 Å². The molecule has 2 aliphatic rings. The van der Waals surface area contributed by atoms with Crippen LogP contribution >= 0.6 is 0 Å². The van der Waals surface area contributed by atoms with Crippen molar-refractivity contribution in [3.63, 3.8) is 0 Å². The highest BCUT2D eigenvalue weighted by Crippen LogP contribution is 2.34.